The molecule has 1 heterocycles. The standard InChI is InChI=1S/C10H19N3OS2/c1-3-10(11,7-14)5-4-6-15-9-12-8(2)13-16-9/h14H,3-7,11H2,1-2H3. The van der Waals surface area contributed by atoms with Crippen molar-refractivity contribution in [1.82, 2.24) is 9.36 Å². The van der Waals surface area contributed by atoms with Crippen LogP contribution in [0.2, 0.25) is 0 Å². The minimum atomic E-state index is -0.405. The van der Waals surface area contributed by atoms with E-state index in [1.807, 2.05) is 13.8 Å². The van der Waals surface area contributed by atoms with Crippen LogP contribution in [0.5, 0.6) is 0 Å². The minimum Gasteiger partial charge on any atom is -0.394 e. The van der Waals surface area contributed by atoms with E-state index in [1.165, 1.54) is 11.5 Å². The average Bonchev–Trinajstić information content (AvgIpc) is 2.70. The first kappa shape index (κ1) is 13.9. The largest absolute Gasteiger partial charge is 0.394 e. The Labute approximate surface area is 105 Å². The highest BCUT2D eigenvalue weighted by Gasteiger charge is 2.20. The highest BCUT2D eigenvalue weighted by Crippen LogP contribution is 2.23. The van der Waals surface area contributed by atoms with E-state index in [4.69, 9.17) is 10.8 Å². The van der Waals surface area contributed by atoms with E-state index in [9.17, 15) is 0 Å². The van der Waals surface area contributed by atoms with Crippen molar-refractivity contribution in [2.75, 3.05) is 12.4 Å². The zero-order chi connectivity index (χ0) is 12.0. The summed E-state index contributed by atoms with van der Waals surface area (Å²) in [5.74, 6) is 1.82. The fourth-order valence-corrected chi connectivity index (χ4v) is 2.94. The molecule has 1 aromatic heterocycles. The van der Waals surface area contributed by atoms with Gasteiger partial charge in [-0.25, -0.2) is 4.98 Å². The maximum Gasteiger partial charge on any atom is 0.170 e. The quantitative estimate of drug-likeness (QED) is 0.578. The van der Waals surface area contributed by atoms with Crippen LogP contribution in [0.15, 0.2) is 4.34 Å². The van der Waals surface area contributed by atoms with Crippen molar-refractivity contribution in [3.05, 3.63) is 5.82 Å². The van der Waals surface area contributed by atoms with Crippen LogP contribution in [-0.4, -0.2) is 32.4 Å². The highest BCUT2D eigenvalue weighted by molar-refractivity contribution is 8.00. The van der Waals surface area contributed by atoms with Gasteiger partial charge in [-0.3, -0.25) is 0 Å². The SMILES string of the molecule is CCC(N)(CO)CCCSc1nc(C)ns1. The lowest BCUT2D eigenvalue weighted by Crippen LogP contribution is -2.42. The molecule has 92 valence electrons. The van der Waals surface area contributed by atoms with E-state index >= 15 is 0 Å². The number of hydrogen-bond acceptors (Lipinski definition) is 6. The molecule has 16 heavy (non-hydrogen) atoms. The Hall–Kier alpha value is -0.170. The van der Waals surface area contributed by atoms with Crippen LogP contribution < -0.4 is 5.73 Å². The van der Waals surface area contributed by atoms with Gasteiger partial charge in [0.1, 0.15) is 5.82 Å². The Morgan fingerprint density at radius 1 is 1.56 bits per heavy atom. The Balaban J connectivity index is 2.21. The summed E-state index contributed by atoms with van der Waals surface area (Å²) in [5.41, 5.74) is 5.59. The molecule has 0 aliphatic rings. The van der Waals surface area contributed by atoms with Gasteiger partial charge in [-0.1, -0.05) is 18.7 Å². The van der Waals surface area contributed by atoms with Crippen LogP contribution >= 0.6 is 23.3 Å². The van der Waals surface area contributed by atoms with Crippen molar-refractivity contribution >= 4 is 23.3 Å². The van der Waals surface area contributed by atoms with Gasteiger partial charge in [0.25, 0.3) is 0 Å². The lowest BCUT2D eigenvalue weighted by atomic mass is 9.93. The number of aryl methyl sites for hydroxylation is 1. The molecule has 0 radical (unpaired) electrons. The third-order valence-corrected chi connectivity index (χ3v) is 4.58. The van der Waals surface area contributed by atoms with Crippen LogP contribution in [0.25, 0.3) is 0 Å². The van der Waals surface area contributed by atoms with Crippen molar-refractivity contribution in [3.8, 4) is 0 Å². The number of hydrogen-bond donors (Lipinski definition) is 2. The molecule has 0 saturated heterocycles. The van der Waals surface area contributed by atoms with E-state index in [1.54, 1.807) is 11.8 Å². The van der Waals surface area contributed by atoms with Crippen LogP contribution in [0.4, 0.5) is 0 Å². The Kier molecular flexibility index (Phi) is 5.68. The summed E-state index contributed by atoms with van der Waals surface area (Å²) in [6.45, 7) is 3.97. The molecule has 3 N–H and O–H groups in total. The molecule has 4 nitrogen and oxygen atoms in total. The number of thioether (sulfide) groups is 1. The first-order valence-electron chi connectivity index (χ1n) is 5.42. The summed E-state index contributed by atoms with van der Waals surface area (Å²) in [6, 6.07) is 0. The summed E-state index contributed by atoms with van der Waals surface area (Å²) in [7, 11) is 0. The van der Waals surface area contributed by atoms with Crippen LogP contribution in [0.1, 0.15) is 32.0 Å². The lowest BCUT2D eigenvalue weighted by Gasteiger charge is -2.25. The molecule has 0 aromatic carbocycles. The zero-order valence-corrected chi connectivity index (χ0v) is 11.4. The molecular weight excluding hydrogens is 242 g/mol. The molecule has 6 heteroatoms. The van der Waals surface area contributed by atoms with Gasteiger partial charge in [0.05, 0.1) is 6.61 Å². The lowest BCUT2D eigenvalue weighted by molar-refractivity contribution is 0.182. The molecule has 1 rings (SSSR count). The van der Waals surface area contributed by atoms with Gasteiger partial charge in [-0.05, 0) is 37.7 Å². The Bertz CT molecular complexity index is 313. The Morgan fingerprint density at radius 3 is 2.81 bits per heavy atom. The van der Waals surface area contributed by atoms with Crippen molar-refractivity contribution in [2.45, 2.75) is 43.0 Å². The number of nitrogens with zero attached hydrogens (tertiary/aromatic N) is 2. The number of rotatable bonds is 7. The normalized spacial score (nSPS) is 15.0. The van der Waals surface area contributed by atoms with Crippen molar-refractivity contribution in [3.63, 3.8) is 0 Å². The monoisotopic (exact) mass is 261 g/mol. The molecule has 0 saturated carbocycles. The Morgan fingerprint density at radius 2 is 2.31 bits per heavy atom. The van der Waals surface area contributed by atoms with E-state index in [2.05, 4.69) is 9.36 Å². The summed E-state index contributed by atoms with van der Waals surface area (Å²) < 4.78 is 5.14. The van der Waals surface area contributed by atoms with Gasteiger partial charge < -0.3 is 10.8 Å². The van der Waals surface area contributed by atoms with Gasteiger partial charge in [0.2, 0.25) is 0 Å². The second kappa shape index (κ2) is 6.54. The highest BCUT2D eigenvalue weighted by atomic mass is 32.2. The summed E-state index contributed by atoms with van der Waals surface area (Å²) in [5, 5.41) is 9.15. The van der Waals surface area contributed by atoms with Gasteiger partial charge >= 0.3 is 0 Å². The number of aromatic nitrogens is 2. The zero-order valence-electron chi connectivity index (χ0n) is 9.77. The fraction of sp³-hybridized carbons (Fsp3) is 0.800. The molecular formula is C10H19N3OS2. The molecule has 1 aromatic rings. The van der Waals surface area contributed by atoms with E-state index in [-0.39, 0.29) is 6.61 Å². The molecule has 0 aliphatic carbocycles. The summed E-state index contributed by atoms with van der Waals surface area (Å²) >= 11 is 3.15. The second-order valence-corrected chi connectivity index (χ2v) is 6.03. The summed E-state index contributed by atoms with van der Waals surface area (Å²) in [4.78, 5) is 4.27. The molecule has 0 aliphatic heterocycles. The molecule has 1 unspecified atom stereocenters. The minimum absolute atomic E-state index is 0.0616. The van der Waals surface area contributed by atoms with Crippen LogP contribution in [0.3, 0.4) is 0 Å². The van der Waals surface area contributed by atoms with Crippen molar-refractivity contribution < 1.29 is 5.11 Å². The molecule has 0 bridgehead atoms. The molecule has 0 amide bonds. The van der Waals surface area contributed by atoms with E-state index in [0.717, 1.165) is 35.2 Å². The fourth-order valence-electron chi connectivity index (χ4n) is 1.29. The number of nitrogens with two attached hydrogens (primary N) is 1. The third-order valence-electron chi connectivity index (χ3n) is 2.57. The molecule has 0 fully saturated rings. The topological polar surface area (TPSA) is 72.0 Å². The smallest absolute Gasteiger partial charge is 0.170 e. The predicted molar refractivity (Wildman–Crippen MR) is 68.9 cm³/mol. The predicted octanol–water partition coefficient (Wildman–Crippen LogP) is 1.82. The number of aliphatic hydroxyl groups excluding tert-OH is 1. The number of aliphatic hydroxyl groups is 1. The van der Waals surface area contributed by atoms with Gasteiger partial charge in [-0.15, -0.1) is 0 Å². The van der Waals surface area contributed by atoms with Crippen LogP contribution in [-0.2, 0) is 0 Å². The third kappa shape index (κ3) is 4.37. The van der Waals surface area contributed by atoms with E-state index in [0.29, 0.717) is 0 Å². The second-order valence-electron chi connectivity index (χ2n) is 3.93. The van der Waals surface area contributed by atoms with Crippen molar-refractivity contribution in [1.29, 1.82) is 0 Å². The van der Waals surface area contributed by atoms with Gasteiger partial charge in [-0.2, -0.15) is 4.37 Å². The first-order valence-corrected chi connectivity index (χ1v) is 7.18. The maximum absolute atomic E-state index is 9.15. The molecule has 0 spiro atoms. The van der Waals surface area contributed by atoms with Crippen LogP contribution in [0, 0.1) is 6.92 Å². The van der Waals surface area contributed by atoms with Crippen molar-refractivity contribution in [2.24, 2.45) is 5.73 Å². The molecule has 1 atom stereocenters. The maximum atomic E-state index is 9.15. The average molecular weight is 261 g/mol. The first-order chi connectivity index (χ1) is 7.59. The summed E-state index contributed by atoms with van der Waals surface area (Å²) in [6.07, 6.45) is 2.66. The van der Waals surface area contributed by atoms with E-state index < -0.39 is 5.54 Å². The van der Waals surface area contributed by atoms with Gasteiger partial charge in [0.15, 0.2) is 4.34 Å². The van der Waals surface area contributed by atoms with Gasteiger partial charge in [0, 0.05) is 11.3 Å².